The largest absolute Gasteiger partial charge is 0.457 e. The van der Waals surface area contributed by atoms with Crippen LogP contribution in [0.15, 0.2) is 48.5 Å². The molecule has 0 radical (unpaired) electrons. The molecule has 1 aliphatic heterocycles. The molecule has 4 nitrogen and oxygen atoms in total. The van der Waals surface area contributed by atoms with E-state index in [0.717, 1.165) is 12.0 Å². The summed E-state index contributed by atoms with van der Waals surface area (Å²) in [7, 11) is 0. The number of ether oxygens (including phenoxy) is 1. The third-order valence-corrected chi connectivity index (χ3v) is 3.51. The van der Waals surface area contributed by atoms with Crippen LogP contribution in [0.2, 0.25) is 0 Å². The predicted octanol–water partition coefficient (Wildman–Crippen LogP) is 3.15. The molecule has 2 aromatic carbocycles. The molecule has 3 rings (SSSR count). The zero-order valence-corrected chi connectivity index (χ0v) is 11.9. The van der Waals surface area contributed by atoms with Gasteiger partial charge in [-0.3, -0.25) is 0 Å². The number of hydrogen-bond donors (Lipinski definition) is 1. The van der Waals surface area contributed by atoms with E-state index in [4.69, 9.17) is 9.57 Å². The van der Waals surface area contributed by atoms with Crippen molar-refractivity contribution in [3.8, 4) is 0 Å². The van der Waals surface area contributed by atoms with E-state index in [9.17, 15) is 9.18 Å². The maximum atomic E-state index is 13.7. The van der Waals surface area contributed by atoms with Gasteiger partial charge in [-0.05, 0) is 35.7 Å². The van der Waals surface area contributed by atoms with Crippen molar-refractivity contribution in [2.45, 2.75) is 19.1 Å². The summed E-state index contributed by atoms with van der Waals surface area (Å²) in [6.07, 6.45) is 0.738. The lowest BCUT2D eigenvalue weighted by atomic mass is 10.0. The predicted molar refractivity (Wildman–Crippen MR) is 78.4 cm³/mol. The molecule has 1 saturated heterocycles. The second-order valence-corrected chi connectivity index (χ2v) is 5.14. The highest BCUT2D eigenvalue weighted by Crippen LogP contribution is 2.23. The van der Waals surface area contributed by atoms with Crippen LogP contribution in [0.5, 0.6) is 0 Å². The second-order valence-electron chi connectivity index (χ2n) is 5.14. The van der Waals surface area contributed by atoms with E-state index in [-0.39, 0.29) is 18.2 Å². The topological polar surface area (TPSA) is 47.6 Å². The molecule has 5 heteroatoms. The third kappa shape index (κ3) is 3.50. The van der Waals surface area contributed by atoms with Crippen molar-refractivity contribution in [3.05, 3.63) is 71.0 Å². The molecule has 0 saturated carbocycles. The van der Waals surface area contributed by atoms with Crippen molar-refractivity contribution in [2.24, 2.45) is 0 Å². The van der Waals surface area contributed by atoms with Gasteiger partial charge in [-0.2, -0.15) is 5.48 Å². The molecule has 1 heterocycles. The fourth-order valence-electron chi connectivity index (χ4n) is 2.37. The summed E-state index contributed by atoms with van der Waals surface area (Å²) < 4.78 is 19.0. The first kappa shape index (κ1) is 14.7. The summed E-state index contributed by atoms with van der Waals surface area (Å²) in [6.45, 7) is 0.727. The number of carbonyl (C=O) groups is 1. The number of halogens is 1. The van der Waals surface area contributed by atoms with E-state index in [1.807, 2.05) is 30.3 Å². The van der Waals surface area contributed by atoms with Crippen LogP contribution in [0.4, 0.5) is 4.39 Å². The molecular weight excluding hydrogens is 285 g/mol. The highest BCUT2D eigenvalue weighted by Gasteiger charge is 2.20. The summed E-state index contributed by atoms with van der Waals surface area (Å²) in [6, 6.07) is 13.5. The highest BCUT2D eigenvalue weighted by molar-refractivity contribution is 5.89. The van der Waals surface area contributed by atoms with E-state index in [2.05, 4.69) is 5.48 Å². The van der Waals surface area contributed by atoms with Crippen LogP contribution < -0.4 is 5.48 Å². The molecule has 0 amide bonds. The number of nitrogens with one attached hydrogen (secondary N) is 1. The minimum absolute atomic E-state index is 0.101. The lowest BCUT2D eigenvalue weighted by molar-refractivity contribution is 0.0471. The number of benzene rings is 2. The number of carbonyl (C=O) groups excluding carboxylic acids is 1. The summed E-state index contributed by atoms with van der Waals surface area (Å²) in [4.78, 5) is 17.2. The van der Waals surface area contributed by atoms with Crippen LogP contribution in [0.25, 0.3) is 0 Å². The SMILES string of the molecule is O=C(OCc1ccccc1)c1cc(F)cc([C@@H]2CCON2)c1. The Morgan fingerprint density at radius 3 is 2.82 bits per heavy atom. The van der Waals surface area contributed by atoms with Crippen LogP contribution in [-0.4, -0.2) is 12.6 Å². The van der Waals surface area contributed by atoms with Gasteiger partial charge in [0.1, 0.15) is 12.4 Å². The van der Waals surface area contributed by atoms with E-state index >= 15 is 0 Å². The molecule has 0 spiro atoms. The van der Waals surface area contributed by atoms with Gasteiger partial charge < -0.3 is 9.57 Å². The van der Waals surface area contributed by atoms with Gasteiger partial charge in [0.05, 0.1) is 18.2 Å². The van der Waals surface area contributed by atoms with E-state index in [1.165, 1.54) is 12.1 Å². The molecule has 22 heavy (non-hydrogen) atoms. The Bertz CT molecular complexity index is 654. The summed E-state index contributed by atoms with van der Waals surface area (Å²) in [5, 5.41) is 0. The van der Waals surface area contributed by atoms with Crippen molar-refractivity contribution >= 4 is 5.97 Å². The first-order chi connectivity index (χ1) is 10.7. The number of rotatable bonds is 4. The summed E-state index contributed by atoms with van der Waals surface area (Å²) in [5.41, 5.74) is 4.59. The highest BCUT2D eigenvalue weighted by atomic mass is 19.1. The minimum Gasteiger partial charge on any atom is -0.457 e. The monoisotopic (exact) mass is 301 g/mol. The van der Waals surface area contributed by atoms with Crippen LogP contribution in [-0.2, 0) is 16.2 Å². The number of esters is 1. The van der Waals surface area contributed by atoms with Crippen molar-refractivity contribution in [1.29, 1.82) is 0 Å². The zero-order valence-electron chi connectivity index (χ0n) is 11.9. The van der Waals surface area contributed by atoms with Gasteiger partial charge in [0.25, 0.3) is 0 Å². The molecule has 1 atom stereocenters. The zero-order chi connectivity index (χ0) is 15.4. The van der Waals surface area contributed by atoms with Crippen LogP contribution in [0, 0.1) is 5.82 Å². The molecule has 0 unspecified atom stereocenters. The summed E-state index contributed by atoms with van der Waals surface area (Å²) in [5.74, 6) is -0.999. The smallest absolute Gasteiger partial charge is 0.338 e. The maximum Gasteiger partial charge on any atom is 0.338 e. The van der Waals surface area contributed by atoms with Gasteiger partial charge in [0.15, 0.2) is 0 Å². The van der Waals surface area contributed by atoms with Gasteiger partial charge in [-0.25, -0.2) is 9.18 Å². The molecule has 1 N–H and O–H groups in total. The normalized spacial score (nSPS) is 17.4. The Labute approximate surface area is 127 Å². The van der Waals surface area contributed by atoms with Gasteiger partial charge in [-0.15, -0.1) is 0 Å². The quantitative estimate of drug-likeness (QED) is 0.881. The molecule has 0 aliphatic carbocycles. The Morgan fingerprint density at radius 2 is 2.09 bits per heavy atom. The van der Waals surface area contributed by atoms with Crippen LogP contribution in [0.3, 0.4) is 0 Å². The fourth-order valence-corrected chi connectivity index (χ4v) is 2.37. The van der Waals surface area contributed by atoms with Crippen molar-refractivity contribution in [2.75, 3.05) is 6.61 Å². The molecule has 2 aromatic rings. The van der Waals surface area contributed by atoms with Crippen LogP contribution in [0.1, 0.15) is 33.9 Å². The Hall–Kier alpha value is -2.24. The van der Waals surface area contributed by atoms with Gasteiger partial charge in [-0.1, -0.05) is 30.3 Å². The van der Waals surface area contributed by atoms with E-state index < -0.39 is 11.8 Å². The molecule has 1 fully saturated rings. The summed E-state index contributed by atoms with van der Waals surface area (Å²) >= 11 is 0. The molecule has 0 aromatic heterocycles. The lowest BCUT2D eigenvalue weighted by Gasteiger charge is -2.11. The lowest BCUT2D eigenvalue weighted by Crippen LogP contribution is -2.13. The standard InChI is InChI=1S/C17H16FNO3/c18-15-9-13(16-6-7-22-19-16)8-14(10-15)17(20)21-11-12-4-2-1-3-5-12/h1-5,8-10,16,19H,6-7,11H2/t16-/m0/s1. The van der Waals surface area contributed by atoms with Gasteiger partial charge in [0, 0.05) is 0 Å². The van der Waals surface area contributed by atoms with Crippen molar-refractivity contribution in [1.82, 2.24) is 5.48 Å². The minimum atomic E-state index is -0.538. The van der Waals surface area contributed by atoms with Crippen molar-refractivity contribution in [3.63, 3.8) is 0 Å². The average molecular weight is 301 g/mol. The molecule has 1 aliphatic rings. The van der Waals surface area contributed by atoms with Gasteiger partial charge in [0.2, 0.25) is 0 Å². The first-order valence-corrected chi connectivity index (χ1v) is 7.11. The van der Waals surface area contributed by atoms with E-state index in [1.54, 1.807) is 6.07 Å². The van der Waals surface area contributed by atoms with Crippen molar-refractivity contribution < 1.29 is 18.8 Å². The second kappa shape index (κ2) is 6.68. The Balaban J connectivity index is 1.71. The van der Waals surface area contributed by atoms with Gasteiger partial charge >= 0.3 is 5.97 Å². The molecular formula is C17H16FNO3. The number of hydroxylamine groups is 1. The Kier molecular flexibility index (Phi) is 4.46. The average Bonchev–Trinajstić information content (AvgIpc) is 3.07. The third-order valence-electron chi connectivity index (χ3n) is 3.51. The molecule has 0 bridgehead atoms. The Morgan fingerprint density at radius 1 is 1.27 bits per heavy atom. The van der Waals surface area contributed by atoms with E-state index in [0.29, 0.717) is 12.2 Å². The maximum absolute atomic E-state index is 13.7. The van der Waals surface area contributed by atoms with Crippen LogP contribution >= 0.6 is 0 Å². The first-order valence-electron chi connectivity index (χ1n) is 7.11. The molecule has 114 valence electrons. The fraction of sp³-hybridized carbons (Fsp3) is 0.235. The number of hydrogen-bond acceptors (Lipinski definition) is 4.